The van der Waals surface area contributed by atoms with E-state index >= 15 is 0 Å². The van der Waals surface area contributed by atoms with Crippen molar-refractivity contribution in [3.8, 4) is 22.9 Å². The maximum atomic E-state index is 12.0. The summed E-state index contributed by atoms with van der Waals surface area (Å²) in [5.41, 5.74) is 2.71. The average Bonchev–Trinajstić information content (AvgIpc) is 3.07. The molecule has 3 aromatic rings. The molecule has 0 N–H and O–H groups in total. The van der Waals surface area contributed by atoms with E-state index in [-0.39, 0.29) is 12.4 Å². The van der Waals surface area contributed by atoms with Gasteiger partial charge in [0.25, 0.3) is 0 Å². The van der Waals surface area contributed by atoms with Crippen LogP contribution in [0.4, 0.5) is 0 Å². The van der Waals surface area contributed by atoms with Gasteiger partial charge in [0, 0.05) is 4.88 Å². The van der Waals surface area contributed by atoms with Gasteiger partial charge in [-0.05, 0) is 54.4 Å². The number of nitriles is 1. The highest BCUT2D eigenvalue weighted by atomic mass is 32.1. The number of Topliss-reactive ketones (excluding diaryl/α,β-unsaturated/α-hetero) is 1. The van der Waals surface area contributed by atoms with Crippen molar-refractivity contribution in [2.24, 2.45) is 0 Å². The number of ether oxygens (including phenoxy) is 1. The van der Waals surface area contributed by atoms with Crippen LogP contribution in [-0.4, -0.2) is 12.4 Å². The van der Waals surface area contributed by atoms with Gasteiger partial charge in [-0.3, -0.25) is 4.79 Å². The van der Waals surface area contributed by atoms with Crippen LogP contribution in [-0.2, 0) is 0 Å². The third kappa shape index (κ3) is 3.70. The largest absolute Gasteiger partial charge is 0.485 e. The molecule has 0 aliphatic rings. The first-order chi connectivity index (χ1) is 11.7. The van der Waals surface area contributed by atoms with Crippen molar-refractivity contribution in [1.82, 2.24) is 0 Å². The van der Waals surface area contributed by atoms with Crippen molar-refractivity contribution in [3.05, 3.63) is 76.0 Å². The molecule has 0 bridgehead atoms. The van der Waals surface area contributed by atoms with E-state index in [1.165, 1.54) is 11.3 Å². The molecule has 0 saturated heterocycles. The number of aryl methyl sites for hydroxylation is 1. The third-order valence-corrected chi connectivity index (χ3v) is 4.63. The van der Waals surface area contributed by atoms with Gasteiger partial charge in [-0.1, -0.05) is 24.3 Å². The van der Waals surface area contributed by atoms with Crippen molar-refractivity contribution >= 4 is 17.1 Å². The number of carbonyl (C=O) groups is 1. The van der Waals surface area contributed by atoms with E-state index in [0.717, 1.165) is 20.9 Å². The van der Waals surface area contributed by atoms with Gasteiger partial charge in [0.05, 0.1) is 16.5 Å². The lowest BCUT2D eigenvalue weighted by atomic mass is 10.0. The minimum atomic E-state index is -0.00994. The molecule has 3 nitrogen and oxygen atoms in total. The molecule has 1 heterocycles. The Morgan fingerprint density at radius 2 is 1.62 bits per heavy atom. The second-order valence-electron chi connectivity index (χ2n) is 5.34. The zero-order chi connectivity index (χ0) is 16.9. The fourth-order valence-electron chi connectivity index (χ4n) is 2.29. The number of ketones is 1. The predicted octanol–water partition coefficient (Wildman–Crippen LogP) is 4.86. The van der Waals surface area contributed by atoms with Gasteiger partial charge in [0.15, 0.2) is 6.61 Å². The number of hydrogen-bond acceptors (Lipinski definition) is 4. The Bertz CT molecular complexity index is 887. The summed E-state index contributed by atoms with van der Waals surface area (Å²) in [4.78, 5) is 13.9. The van der Waals surface area contributed by atoms with Crippen LogP contribution in [0.1, 0.15) is 20.1 Å². The lowest BCUT2D eigenvalue weighted by molar-refractivity contribution is 0.0925. The summed E-state index contributed by atoms with van der Waals surface area (Å²) in [5.74, 6) is 0.651. The molecule has 0 unspecified atom stereocenters. The van der Waals surface area contributed by atoms with Crippen LogP contribution in [0.25, 0.3) is 11.1 Å². The number of carbonyl (C=O) groups excluding carboxylic acids is 1. The Morgan fingerprint density at radius 3 is 2.17 bits per heavy atom. The Labute approximate surface area is 144 Å². The molecule has 24 heavy (non-hydrogen) atoms. The molecular formula is C20H15NO2S. The highest BCUT2D eigenvalue weighted by Gasteiger charge is 2.09. The topological polar surface area (TPSA) is 50.1 Å². The molecule has 1 aromatic heterocycles. The Balaban J connectivity index is 1.64. The highest BCUT2D eigenvalue weighted by Crippen LogP contribution is 2.23. The average molecular weight is 333 g/mol. The standard InChI is InChI=1S/C20H15NO2S/c1-14-2-11-20(24-14)19(22)13-23-18-9-7-17(8-10-18)16-5-3-15(12-21)4-6-16/h2-11H,13H2,1H3. The summed E-state index contributed by atoms with van der Waals surface area (Å²) in [5, 5.41) is 8.83. The summed E-state index contributed by atoms with van der Waals surface area (Å²) < 4.78 is 5.57. The van der Waals surface area contributed by atoms with E-state index in [0.29, 0.717) is 11.3 Å². The maximum Gasteiger partial charge on any atom is 0.210 e. The van der Waals surface area contributed by atoms with Crippen LogP contribution in [0, 0.1) is 18.3 Å². The molecule has 4 heteroatoms. The Morgan fingerprint density at radius 1 is 1.00 bits per heavy atom. The molecule has 0 fully saturated rings. The summed E-state index contributed by atoms with van der Waals surface area (Å²) in [6.07, 6.45) is 0. The molecule has 118 valence electrons. The van der Waals surface area contributed by atoms with E-state index < -0.39 is 0 Å². The van der Waals surface area contributed by atoms with Gasteiger partial charge >= 0.3 is 0 Å². The minimum Gasteiger partial charge on any atom is -0.485 e. The van der Waals surface area contributed by atoms with Crippen molar-refractivity contribution in [1.29, 1.82) is 5.26 Å². The van der Waals surface area contributed by atoms with Gasteiger partial charge in [-0.15, -0.1) is 11.3 Å². The smallest absolute Gasteiger partial charge is 0.210 e. The van der Waals surface area contributed by atoms with Crippen molar-refractivity contribution in [2.75, 3.05) is 6.61 Å². The zero-order valence-corrected chi connectivity index (χ0v) is 14.0. The SMILES string of the molecule is Cc1ccc(C(=O)COc2ccc(-c3ccc(C#N)cc3)cc2)s1. The Kier molecular flexibility index (Phi) is 4.74. The number of rotatable bonds is 5. The highest BCUT2D eigenvalue weighted by molar-refractivity contribution is 7.14. The molecule has 0 atom stereocenters. The first-order valence-corrected chi connectivity index (χ1v) is 8.30. The maximum absolute atomic E-state index is 12.0. The van der Waals surface area contributed by atoms with Crippen molar-refractivity contribution in [2.45, 2.75) is 6.92 Å². The molecule has 3 rings (SSSR count). The summed E-state index contributed by atoms with van der Waals surface area (Å²) in [6.45, 7) is 2.01. The van der Waals surface area contributed by atoms with Gasteiger partial charge in [0.1, 0.15) is 5.75 Å². The second-order valence-corrected chi connectivity index (χ2v) is 6.62. The molecule has 0 radical (unpaired) electrons. The molecular weight excluding hydrogens is 318 g/mol. The molecule has 0 spiro atoms. The van der Waals surface area contributed by atoms with Crippen LogP contribution in [0.15, 0.2) is 60.7 Å². The molecule has 0 aliphatic heterocycles. The zero-order valence-electron chi connectivity index (χ0n) is 13.2. The van der Waals surface area contributed by atoms with E-state index in [1.54, 1.807) is 12.1 Å². The van der Waals surface area contributed by atoms with Crippen LogP contribution >= 0.6 is 11.3 Å². The molecule has 2 aromatic carbocycles. The molecule has 0 saturated carbocycles. The van der Waals surface area contributed by atoms with Crippen LogP contribution < -0.4 is 4.74 Å². The fraction of sp³-hybridized carbons (Fsp3) is 0.100. The number of benzene rings is 2. The van der Waals surface area contributed by atoms with E-state index in [2.05, 4.69) is 6.07 Å². The van der Waals surface area contributed by atoms with E-state index in [1.807, 2.05) is 55.5 Å². The summed E-state index contributed by atoms with van der Waals surface area (Å²) >= 11 is 1.48. The predicted molar refractivity (Wildman–Crippen MR) is 95.5 cm³/mol. The lowest BCUT2D eigenvalue weighted by Gasteiger charge is -2.06. The fourth-order valence-corrected chi connectivity index (χ4v) is 3.08. The first kappa shape index (κ1) is 16.0. The number of hydrogen-bond donors (Lipinski definition) is 0. The lowest BCUT2D eigenvalue weighted by Crippen LogP contribution is -2.09. The van der Waals surface area contributed by atoms with Crippen molar-refractivity contribution < 1.29 is 9.53 Å². The quantitative estimate of drug-likeness (QED) is 0.627. The van der Waals surface area contributed by atoms with E-state index in [4.69, 9.17) is 10.00 Å². The third-order valence-electron chi connectivity index (χ3n) is 3.59. The molecule has 0 amide bonds. The summed E-state index contributed by atoms with van der Waals surface area (Å²) in [6, 6.07) is 20.9. The van der Waals surface area contributed by atoms with E-state index in [9.17, 15) is 4.79 Å². The van der Waals surface area contributed by atoms with Crippen molar-refractivity contribution in [3.63, 3.8) is 0 Å². The van der Waals surface area contributed by atoms with Gasteiger partial charge in [-0.2, -0.15) is 5.26 Å². The van der Waals surface area contributed by atoms with Crippen LogP contribution in [0.2, 0.25) is 0 Å². The number of thiophene rings is 1. The van der Waals surface area contributed by atoms with Gasteiger partial charge < -0.3 is 4.74 Å². The molecule has 0 aliphatic carbocycles. The first-order valence-electron chi connectivity index (χ1n) is 7.49. The van der Waals surface area contributed by atoms with Crippen LogP contribution in [0.5, 0.6) is 5.75 Å². The monoisotopic (exact) mass is 333 g/mol. The minimum absolute atomic E-state index is 0.00994. The second kappa shape index (κ2) is 7.12. The number of nitrogens with zero attached hydrogens (tertiary/aromatic N) is 1. The van der Waals surface area contributed by atoms with Gasteiger partial charge in [-0.25, -0.2) is 0 Å². The Hall–Kier alpha value is -2.90. The summed E-state index contributed by atoms with van der Waals surface area (Å²) in [7, 11) is 0. The normalized spacial score (nSPS) is 10.2. The van der Waals surface area contributed by atoms with Gasteiger partial charge in [0.2, 0.25) is 5.78 Å². The van der Waals surface area contributed by atoms with Crippen LogP contribution in [0.3, 0.4) is 0 Å².